The van der Waals surface area contributed by atoms with Gasteiger partial charge in [-0.2, -0.15) is 0 Å². The number of ether oxygens (including phenoxy) is 1. The highest BCUT2D eigenvalue weighted by Gasteiger charge is 2.28. The van der Waals surface area contributed by atoms with Crippen LogP contribution in [0.15, 0.2) is 47.4 Å². The Morgan fingerprint density at radius 1 is 1.19 bits per heavy atom. The molecular weight excluding hydrogens is 368 g/mol. The lowest BCUT2D eigenvalue weighted by atomic mass is 10.1. The first-order valence-electron chi connectivity index (χ1n) is 7.92. The van der Waals surface area contributed by atoms with Crippen LogP contribution in [0.3, 0.4) is 0 Å². The predicted octanol–water partition coefficient (Wildman–Crippen LogP) is 3.54. The van der Waals surface area contributed by atoms with Crippen molar-refractivity contribution < 1.29 is 14.3 Å². The number of amides is 2. The molecule has 0 unspecified atom stereocenters. The van der Waals surface area contributed by atoms with E-state index in [0.717, 1.165) is 16.8 Å². The number of anilines is 2. The van der Waals surface area contributed by atoms with Crippen LogP contribution in [0.4, 0.5) is 11.4 Å². The quantitative estimate of drug-likeness (QED) is 0.636. The van der Waals surface area contributed by atoms with Crippen molar-refractivity contribution >= 4 is 57.6 Å². The van der Waals surface area contributed by atoms with E-state index in [1.54, 1.807) is 11.0 Å². The van der Waals surface area contributed by atoms with Crippen molar-refractivity contribution in [3.63, 3.8) is 0 Å². The molecule has 4 rings (SSSR count). The normalized spacial score (nSPS) is 18.0. The van der Waals surface area contributed by atoms with Crippen molar-refractivity contribution in [2.75, 3.05) is 11.5 Å². The number of rotatable bonds is 2. The standard InChI is InChI=1S/C19H14N2O3S2/c1-11-2-5-13(6-3-11)21-14-8-12(4-7-15(14)24-10-17(21)22)9-16-18(23)20-19(25)26-16/h2-9H,10H2,1H3,(H,20,23,25)/b16-9-. The summed E-state index contributed by atoms with van der Waals surface area (Å²) in [6, 6.07) is 13.2. The minimum absolute atomic E-state index is 0.00611. The van der Waals surface area contributed by atoms with E-state index in [9.17, 15) is 9.59 Å². The van der Waals surface area contributed by atoms with Crippen molar-refractivity contribution in [3.05, 3.63) is 58.5 Å². The molecule has 0 spiro atoms. The smallest absolute Gasteiger partial charge is 0.269 e. The van der Waals surface area contributed by atoms with Crippen LogP contribution >= 0.6 is 24.0 Å². The molecule has 0 bridgehead atoms. The average Bonchev–Trinajstić information content (AvgIpc) is 2.93. The van der Waals surface area contributed by atoms with Gasteiger partial charge in [0, 0.05) is 5.69 Å². The number of hydrogen-bond donors (Lipinski definition) is 1. The van der Waals surface area contributed by atoms with Crippen LogP contribution in [0.2, 0.25) is 0 Å². The lowest BCUT2D eigenvalue weighted by molar-refractivity contribution is -0.120. The molecule has 2 amide bonds. The summed E-state index contributed by atoms with van der Waals surface area (Å²) in [5, 5.41) is 2.59. The summed E-state index contributed by atoms with van der Waals surface area (Å²) >= 11 is 6.24. The second-order valence-corrected chi connectivity index (χ2v) is 7.65. The largest absolute Gasteiger partial charge is 0.482 e. The van der Waals surface area contributed by atoms with Crippen LogP contribution < -0.4 is 15.0 Å². The van der Waals surface area contributed by atoms with Gasteiger partial charge in [0.1, 0.15) is 10.1 Å². The zero-order chi connectivity index (χ0) is 18.3. The van der Waals surface area contributed by atoms with Crippen molar-refractivity contribution in [3.8, 4) is 5.75 Å². The number of carbonyl (C=O) groups excluding carboxylic acids is 2. The number of hydrogen-bond acceptors (Lipinski definition) is 5. The van der Waals surface area contributed by atoms with E-state index in [0.29, 0.717) is 20.7 Å². The monoisotopic (exact) mass is 382 g/mol. The van der Waals surface area contributed by atoms with Crippen LogP contribution in [0.25, 0.3) is 6.08 Å². The topological polar surface area (TPSA) is 58.6 Å². The van der Waals surface area contributed by atoms with Crippen molar-refractivity contribution in [2.45, 2.75) is 6.92 Å². The average molecular weight is 382 g/mol. The van der Waals surface area contributed by atoms with Gasteiger partial charge in [-0.1, -0.05) is 47.7 Å². The number of nitrogens with one attached hydrogen (secondary N) is 1. The molecular formula is C19H14N2O3S2. The number of thioether (sulfide) groups is 1. The van der Waals surface area contributed by atoms with Gasteiger partial charge in [0.15, 0.2) is 6.61 Å². The summed E-state index contributed by atoms with van der Waals surface area (Å²) in [4.78, 5) is 26.5. The summed E-state index contributed by atoms with van der Waals surface area (Å²) in [6.45, 7) is 1.99. The van der Waals surface area contributed by atoms with E-state index in [1.165, 1.54) is 11.8 Å². The second kappa shape index (κ2) is 6.59. The Kier molecular flexibility index (Phi) is 4.26. The third kappa shape index (κ3) is 3.11. The van der Waals surface area contributed by atoms with Crippen molar-refractivity contribution in [1.82, 2.24) is 5.32 Å². The molecule has 2 aliphatic heterocycles. The van der Waals surface area contributed by atoms with Gasteiger partial charge in [0.2, 0.25) is 0 Å². The molecule has 1 saturated heterocycles. The minimum Gasteiger partial charge on any atom is -0.482 e. The number of carbonyl (C=O) groups is 2. The maximum atomic E-state index is 12.5. The molecule has 0 aliphatic carbocycles. The molecule has 7 heteroatoms. The van der Waals surface area contributed by atoms with Gasteiger partial charge in [-0.05, 0) is 42.8 Å². The van der Waals surface area contributed by atoms with E-state index in [1.807, 2.05) is 49.4 Å². The number of fused-ring (bicyclic) bond motifs is 1. The maximum Gasteiger partial charge on any atom is 0.269 e. The van der Waals surface area contributed by atoms with Gasteiger partial charge in [-0.15, -0.1) is 0 Å². The van der Waals surface area contributed by atoms with E-state index < -0.39 is 0 Å². The molecule has 130 valence electrons. The molecule has 0 radical (unpaired) electrons. The van der Waals surface area contributed by atoms with Crippen LogP contribution in [-0.2, 0) is 9.59 Å². The Bertz CT molecular complexity index is 967. The Labute approximate surface area is 160 Å². The second-order valence-electron chi connectivity index (χ2n) is 5.93. The summed E-state index contributed by atoms with van der Waals surface area (Å²) < 4.78 is 6.00. The first-order valence-corrected chi connectivity index (χ1v) is 9.15. The first kappa shape index (κ1) is 16.8. The van der Waals surface area contributed by atoms with Gasteiger partial charge in [0.05, 0.1) is 10.6 Å². The molecule has 2 aromatic rings. The number of nitrogens with zero attached hydrogens (tertiary/aromatic N) is 1. The van der Waals surface area contributed by atoms with Crippen LogP contribution in [0, 0.1) is 6.92 Å². The SMILES string of the molecule is Cc1ccc(N2C(=O)COc3ccc(/C=C4\SC(=S)NC4=O)cc32)cc1. The molecule has 1 N–H and O–H groups in total. The fraction of sp³-hybridized carbons (Fsp3) is 0.105. The van der Waals surface area contributed by atoms with Crippen LogP contribution in [-0.4, -0.2) is 22.7 Å². The third-order valence-corrected chi connectivity index (χ3v) is 5.22. The zero-order valence-corrected chi connectivity index (χ0v) is 15.4. The minimum atomic E-state index is -0.208. The zero-order valence-electron chi connectivity index (χ0n) is 13.8. The first-order chi connectivity index (χ1) is 12.5. The predicted molar refractivity (Wildman–Crippen MR) is 107 cm³/mol. The maximum absolute atomic E-state index is 12.5. The highest BCUT2D eigenvalue weighted by molar-refractivity contribution is 8.26. The lowest BCUT2D eigenvalue weighted by Gasteiger charge is -2.29. The van der Waals surface area contributed by atoms with E-state index in [2.05, 4.69) is 5.32 Å². The fourth-order valence-corrected chi connectivity index (χ4v) is 3.85. The molecule has 2 aliphatic rings. The molecule has 1 fully saturated rings. The number of aryl methyl sites for hydroxylation is 1. The summed E-state index contributed by atoms with van der Waals surface area (Å²) in [5.41, 5.74) is 3.35. The molecule has 2 heterocycles. The Morgan fingerprint density at radius 3 is 2.65 bits per heavy atom. The molecule has 5 nitrogen and oxygen atoms in total. The Balaban J connectivity index is 1.76. The Morgan fingerprint density at radius 2 is 1.96 bits per heavy atom. The van der Waals surface area contributed by atoms with Crippen molar-refractivity contribution in [1.29, 1.82) is 0 Å². The molecule has 0 aromatic heterocycles. The van der Waals surface area contributed by atoms with E-state index in [4.69, 9.17) is 17.0 Å². The Hall–Kier alpha value is -2.64. The van der Waals surface area contributed by atoms with Crippen molar-refractivity contribution in [2.24, 2.45) is 0 Å². The van der Waals surface area contributed by atoms with Gasteiger partial charge >= 0.3 is 0 Å². The number of benzene rings is 2. The summed E-state index contributed by atoms with van der Waals surface area (Å²) in [5.74, 6) is 0.284. The fourth-order valence-electron chi connectivity index (χ4n) is 2.81. The van der Waals surface area contributed by atoms with Crippen LogP contribution in [0.5, 0.6) is 5.75 Å². The highest BCUT2D eigenvalue weighted by Crippen LogP contribution is 2.38. The van der Waals surface area contributed by atoms with Crippen LogP contribution in [0.1, 0.15) is 11.1 Å². The molecule has 0 atom stereocenters. The summed E-state index contributed by atoms with van der Waals surface area (Å²) in [6.07, 6.45) is 1.76. The highest BCUT2D eigenvalue weighted by atomic mass is 32.2. The molecule has 26 heavy (non-hydrogen) atoms. The van der Waals surface area contributed by atoms with Gasteiger partial charge < -0.3 is 10.1 Å². The lowest BCUT2D eigenvalue weighted by Crippen LogP contribution is -2.35. The third-order valence-electron chi connectivity index (χ3n) is 4.06. The van der Waals surface area contributed by atoms with E-state index in [-0.39, 0.29) is 18.4 Å². The van der Waals surface area contributed by atoms with Gasteiger partial charge in [0.25, 0.3) is 11.8 Å². The van der Waals surface area contributed by atoms with Gasteiger partial charge in [-0.3, -0.25) is 14.5 Å². The molecule has 2 aromatic carbocycles. The summed E-state index contributed by atoms with van der Waals surface area (Å²) in [7, 11) is 0. The molecule has 0 saturated carbocycles. The number of thiocarbonyl (C=S) groups is 1. The van der Waals surface area contributed by atoms with E-state index >= 15 is 0 Å². The van der Waals surface area contributed by atoms with Gasteiger partial charge in [-0.25, -0.2) is 0 Å².